The molecule has 2 amide bonds. The summed E-state index contributed by atoms with van der Waals surface area (Å²) in [6, 6.07) is 11.3. The lowest BCUT2D eigenvalue weighted by molar-refractivity contribution is -0.132. The fourth-order valence-corrected chi connectivity index (χ4v) is 3.62. The summed E-state index contributed by atoms with van der Waals surface area (Å²) in [6.45, 7) is 4.40. The smallest absolute Gasteiger partial charge is 0.254 e. The van der Waals surface area contributed by atoms with E-state index >= 15 is 0 Å². The third kappa shape index (κ3) is 7.29. The Morgan fingerprint density at radius 1 is 1.10 bits per heavy atom. The minimum atomic E-state index is -0.143. The van der Waals surface area contributed by atoms with Crippen LogP contribution in [0.5, 0.6) is 0 Å². The molecule has 2 aromatic rings. The molecule has 0 spiro atoms. The van der Waals surface area contributed by atoms with E-state index in [0.29, 0.717) is 38.2 Å². The van der Waals surface area contributed by atoms with Crippen molar-refractivity contribution in [2.75, 3.05) is 33.4 Å². The van der Waals surface area contributed by atoms with E-state index in [1.54, 1.807) is 24.1 Å². The minimum Gasteiger partial charge on any atom is -0.385 e. The summed E-state index contributed by atoms with van der Waals surface area (Å²) in [5.74, 6) is -0.180. The summed E-state index contributed by atoms with van der Waals surface area (Å²) in [4.78, 5) is 29.8. The van der Waals surface area contributed by atoms with Crippen molar-refractivity contribution in [2.24, 2.45) is 7.05 Å². The molecule has 1 heterocycles. The Morgan fingerprint density at radius 2 is 1.87 bits per heavy atom. The van der Waals surface area contributed by atoms with Crippen molar-refractivity contribution in [3.63, 3.8) is 0 Å². The fraction of sp³-hybridized carbons (Fsp3) is 0.478. The molecule has 0 saturated carbocycles. The van der Waals surface area contributed by atoms with Crippen LogP contribution < -0.4 is 0 Å². The molecular weight excluding hydrogens is 446 g/mol. The van der Waals surface area contributed by atoms with Crippen LogP contribution in [0.25, 0.3) is 0 Å². The monoisotopic (exact) mass is 477 g/mol. The summed E-state index contributed by atoms with van der Waals surface area (Å²) < 4.78 is 8.00. The molecule has 0 aliphatic carbocycles. The SMILES string of the molecule is CCCCN(Cc1cccn1C)C(=O)CN(CCCOC)C(=O)c1cccc(Br)c1. The maximum absolute atomic E-state index is 13.2. The number of aromatic nitrogens is 1. The highest BCUT2D eigenvalue weighted by molar-refractivity contribution is 9.10. The van der Waals surface area contributed by atoms with E-state index in [1.165, 1.54) is 0 Å². The molecular formula is C23H32BrN3O3. The van der Waals surface area contributed by atoms with E-state index in [1.807, 2.05) is 47.0 Å². The van der Waals surface area contributed by atoms with Gasteiger partial charge in [-0.25, -0.2) is 0 Å². The van der Waals surface area contributed by atoms with Gasteiger partial charge < -0.3 is 19.1 Å². The molecule has 0 unspecified atom stereocenters. The number of unbranched alkanes of at least 4 members (excludes halogenated alkanes) is 1. The van der Waals surface area contributed by atoms with Gasteiger partial charge in [-0.15, -0.1) is 0 Å². The van der Waals surface area contributed by atoms with Gasteiger partial charge in [-0.2, -0.15) is 0 Å². The highest BCUT2D eigenvalue weighted by Gasteiger charge is 2.23. The second-order valence-electron chi connectivity index (χ2n) is 7.36. The Morgan fingerprint density at radius 3 is 2.50 bits per heavy atom. The van der Waals surface area contributed by atoms with Gasteiger partial charge in [-0.1, -0.05) is 35.3 Å². The summed E-state index contributed by atoms with van der Waals surface area (Å²) in [7, 11) is 3.61. The van der Waals surface area contributed by atoms with Gasteiger partial charge in [0.2, 0.25) is 5.91 Å². The number of ether oxygens (including phenoxy) is 1. The van der Waals surface area contributed by atoms with E-state index in [9.17, 15) is 9.59 Å². The zero-order valence-electron chi connectivity index (χ0n) is 18.1. The Balaban J connectivity index is 2.16. The van der Waals surface area contributed by atoms with Crippen molar-refractivity contribution in [3.05, 3.63) is 58.3 Å². The first-order chi connectivity index (χ1) is 14.5. The normalized spacial score (nSPS) is 10.8. The average molecular weight is 478 g/mol. The molecule has 7 heteroatoms. The topological polar surface area (TPSA) is 54.8 Å². The van der Waals surface area contributed by atoms with Crippen molar-refractivity contribution in [1.82, 2.24) is 14.4 Å². The molecule has 164 valence electrons. The van der Waals surface area contributed by atoms with Crippen LogP contribution in [0.1, 0.15) is 42.2 Å². The standard InChI is InChI=1S/C23H32BrN3O3/c1-4-5-13-26(17-21-11-7-12-25(21)2)22(28)18-27(14-8-15-30-3)23(29)19-9-6-10-20(24)16-19/h6-7,9-12,16H,4-5,8,13-15,17-18H2,1-3H3. The van der Waals surface area contributed by atoms with Crippen molar-refractivity contribution in [1.29, 1.82) is 0 Å². The molecule has 0 saturated heterocycles. The quantitative estimate of drug-likeness (QED) is 0.432. The van der Waals surface area contributed by atoms with Gasteiger partial charge in [0.05, 0.1) is 6.54 Å². The molecule has 2 rings (SSSR count). The molecule has 0 fully saturated rings. The second-order valence-corrected chi connectivity index (χ2v) is 8.28. The maximum atomic E-state index is 13.2. The molecule has 30 heavy (non-hydrogen) atoms. The largest absolute Gasteiger partial charge is 0.385 e. The molecule has 0 radical (unpaired) electrons. The van der Waals surface area contributed by atoms with Gasteiger partial charge in [0.1, 0.15) is 6.54 Å². The van der Waals surface area contributed by atoms with Crippen LogP contribution in [0.3, 0.4) is 0 Å². The number of methoxy groups -OCH3 is 1. The molecule has 0 atom stereocenters. The molecule has 0 bridgehead atoms. The number of nitrogens with zero attached hydrogens (tertiary/aromatic N) is 3. The number of hydrogen-bond donors (Lipinski definition) is 0. The Hall–Kier alpha value is -2.12. The first kappa shape index (κ1) is 24.2. The van der Waals surface area contributed by atoms with Crippen LogP contribution in [-0.4, -0.2) is 59.5 Å². The van der Waals surface area contributed by atoms with Crippen molar-refractivity contribution in [3.8, 4) is 0 Å². The van der Waals surface area contributed by atoms with Gasteiger partial charge in [-0.05, 0) is 43.2 Å². The molecule has 0 N–H and O–H groups in total. The summed E-state index contributed by atoms with van der Waals surface area (Å²) in [5.41, 5.74) is 1.64. The number of carbonyl (C=O) groups is 2. The zero-order chi connectivity index (χ0) is 21.9. The van der Waals surface area contributed by atoms with E-state index in [4.69, 9.17) is 4.74 Å². The molecule has 1 aromatic heterocycles. The number of amides is 2. The number of benzene rings is 1. The molecule has 1 aromatic carbocycles. The van der Waals surface area contributed by atoms with Crippen LogP contribution >= 0.6 is 15.9 Å². The van der Waals surface area contributed by atoms with Gasteiger partial charge in [0.25, 0.3) is 5.91 Å². The van der Waals surface area contributed by atoms with Gasteiger partial charge in [-0.3, -0.25) is 9.59 Å². The van der Waals surface area contributed by atoms with Gasteiger partial charge >= 0.3 is 0 Å². The summed E-state index contributed by atoms with van der Waals surface area (Å²) in [5, 5.41) is 0. The highest BCUT2D eigenvalue weighted by Crippen LogP contribution is 2.15. The van der Waals surface area contributed by atoms with E-state index in [0.717, 1.165) is 23.0 Å². The first-order valence-corrected chi connectivity index (χ1v) is 11.2. The van der Waals surface area contributed by atoms with Crippen LogP contribution in [0, 0.1) is 0 Å². The Kier molecular flexibility index (Phi) is 10.1. The highest BCUT2D eigenvalue weighted by atomic mass is 79.9. The predicted molar refractivity (Wildman–Crippen MR) is 122 cm³/mol. The Labute approximate surface area is 187 Å². The fourth-order valence-electron chi connectivity index (χ4n) is 3.22. The summed E-state index contributed by atoms with van der Waals surface area (Å²) in [6.07, 6.45) is 4.59. The van der Waals surface area contributed by atoms with Crippen molar-refractivity contribution < 1.29 is 14.3 Å². The predicted octanol–water partition coefficient (Wildman–Crippen LogP) is 4.10. The van der Waals surface area contributed by atoms with E-state index < -0.39 is 0 Å². The summed E-state index contributed by atoms with van der Waals surface area (Å²) >= 11 is 3.42. The number of hydrogen-bond acceptors (Lipinski definition) is 3. The number of carbonyl (C=O) groups excluding carboxylic acids is 2. The van der Waals surface area contributed by atoms with Crippen LogP contribution in [0.2, 0.25) is 0 Å². The van der Waals surface area contributed by atoms with Crippen molar-refractivity contribution >= 4 is 27.7 Å². The zero-order valence-corrected chi connectivity index (χ0v) is 19.7. The van der Waals surface area contributed by atoms with Crippen molar-refractivity contribution in [2.45, 2.75) is 32.7 Å². The number of halogens is 1. The van der Waals surface area contributed by atoms with E-state index in [2.05, 4.69) is 22.9 Å². The lowest BCUT2D eigenvalue weighted by Crippen LogP contribution is -2.43. The third-order valence-electron chi connectivity index (χ3n) is 5.00. The maximum Gasteiger partial charge on any atom is 0.254 e. The third-order valence-corrected chi connectivity index (χ3v) is 5.49. The van der Waals surface area contributed by atoms with Crippen LogP contribution in [0.15, 0.2) is 47.1 Å². The lowest BCUT2D eigenvalue weighted by atomic mass is 10.2. The first-order valence-electron chi connectivity index (χ1n) is 10.4. The van der Waals surface area contributed by atoms with Crippen LogP contribution in [0.4, 0.5) is 0 Å². The van der Waals surface area contributed by atoms with E-state index in [-0.39, 0.29) is 18.4 Å². The second kappa shape index (κ2) is 12.5. The molecule has 0 aliphatic heterocycles. The van der Waals surface area contributed by atoms with Crippen LogP contribution in [-0.2, 0) is 23.1 Å². The van der Waals surface area contributed by atoms with Gasteiger partial charge in [0, 0.05) is 55.8 Å². The molecule has 6 nitrogen and oxygen atoms in total. The minimum absolute atomic E-state index is 0.0367. The molecule has 0 aliphatic rings. The van der Waals surface area contributed by atoms with Gasteiger partial charge in [0.15, 0.2) is 0 Å². The average Bonchev–Trinajstić information content (AvgIpc) is 3.14. The number of rotatable bonds is 12. The Bertz CT molecular complexity index is 822. The lowest BCUT2D eigenvalue weighted by Gasteiger charge is -2.28. The number of aryl methyl sites for hydroxylation is 1.